The Kier molecular flexibility index (Phi) is 3.55. The van der Waals surface area contributed by atoms with Gasteiger partial charge in [0, 0.05) is 12.6 Å². The van der Waals surface area contributed by atoms with Gasteiger partial charge in [-0.2, -0.15) is 9.97 Å². The van der Waals surface area contributed by atoms with Gasteiger partial charge in [0.2, 0.25) is 11.8 Å². The van der Waals surface area contributed by atoms with Crippen molar-refractivity contribution in [1.82, 2.24) is 9.97 Å². The maximum absolute atomic E-state index is 11.7. The predicted molar refractivity (Wildman–Crippen MR) is 68.3 cm³/mol. The number of nitrogens with one attached hydrogen (secondary N) is 1. The van der Waals surface area contributed by atoms with Crippen LogP contribution in [0.5, 0.6) is 5.88 Å². The molecular formula is C10H16N4O3S. The van der Waals surface area contributed by atoms with Crippen molar-refractivity contribution in [3.8, 4) is 5.88 Å². The smallest absolute Gasteiger partial charge is 0.225 e. The molecule has 1 aliphatic rings. The number of aromatic nitrogens is 2. The first-order valence-electron chi connectivity index (χ1n) is 5.65. The van der Waals surface area contributed by atoms with Crippen molar-refractivity contribution in [2.75, 3.05) is 30.5 Å². The van der Waals surface area contributed by atoms with Crippen molar-refractivity contribution in [2.45, 2.75) is 18.1 Å². The van der Waals surface area contributed by atoms with Gasteiger partial charge in [0.1, 0.15) is 5.82 Å². The lowest BCUT2D eigenvalue weighted by molar-refractivity contribution is 0.398. The number of nitrogen functional groups attached to an aromatic ring is 1. The SMILES string of the molecule is COc1cc(NCC2CCCS2(=O)=O)nc(N)n1. The van der Waals surface area contributed by atoms with Gasteiger partial charge in [0.25, 0.3) is 0 Å². The summed E-state index contributed by atoms with van der Waals surface area (Å²) in [5.41, 5.74) is 5.51. The van der Waals surface area contributed by atoms with E-state index in [1.807, 2.05) is 0 Å². The molecule has 0 amide bonds. The van der Waals surface area contributed by atoms with Crippen LogP contribution in [-0.2, 0) is 9.84 Å². The zero-order chi connectivity index (χ0) is 13.2. The number of nitrogens with two attached hydrogens (primary N) is 1. The van der Waals surface area contributed by atoms with Crippen molar-refractivity contribution in [3.63, 3.8) is 0 Å². The Morgan fingerprint density at radius 3 is 2.94 bits per heavy atom. The van der Waals surface area contributed by atoms with Gasteiger partial charge in [-0.25, -0.2) is 8.42 Å². The molecule has 0 aliphatic carbocycles. The third-order valence-corrected chi connectivity index (χ3v) is 5.18. The van der Waals surface area contributed by atoms with Crippen molar-refractivity contribution < 1.29 is 13.2 Å². The van der Waals surface area contributed by atoms with E-state index in [-0.39, 0.29) is 17.0 Å². The van der Waals surface area contributed by atoms with Crippen LogP contribution in [0.3, 0.4) is 0 Å². The quantitative estimate of drug-likeness (QED) is 0.797. The fourth-order valence-electron chi connectivity index (χ4n) is 1.94. The standard InChI is InChI=1S/C10H16N4O3S/c1-17-9-5-8(13-10(11)14-9)12-6-7-3-2-4-18(7,15)16/h5,7H,2-4,6H2,1H3,(H3,11,12,13,14). The highest BCUT2D eigenvalue weighted by molar-refractivity contribution is 7.92. The summed E-state index contributed by atoms with van der Waals surface area (Å²) in [6.45, 7) is 0.335. The number of hydrogen-bond acceptors (Lipinski definition) is 7. The average Bonchev–Trinajstić information content (AvgIpc) is 2.65. The minimum atomic E-state index is -2.95. The molecule has 1 aromatic rings. The van der Waals surface area contributed by atoms with Gasteiger partial charge in [0.05, 0.1) is 18.1 Å². The first-order valence-corrected chi connectivity index (χ1v) is 7.37. The zero-order valence-corrected chi connectivity index (χ0v) is 10.9. The number of nitrogens with zero attached hydrogens (tertiary/aromatic N) is 2. The molecule has 1 saturated heterocycles. The van der Waals surface area contributed by atoms with Crippen molar-refractivity contribution in [1.29, 1.82) is 0 Å². The molecule has 2 rings (SSSR count). The lowest BCUT2D eigenvalue weighted by Crippen LogP contribution is -2.25. The van der Waals surface area contributed by atoms with Crippen molar-refractivity contribution >= 4 is 21.6 Å². The molecular weight excluding hydrogens is 256 g/mol. The Hall–Kier alpha value is -1.57. The Labute approximate surface area is 106 Å². The van der Waals surface area contributed by atoms with Crippen molar-refractivity contribution in [2.24, 2.45) is 0 Å². The number of anilines is 2. The van der Waals surface area contributed by atoms with E-state index in [0.29, 0.717) is 24.7 Å². The fraction of sp³-hybridized carbons (Fsp3) is 0.600. The monoisotopic (exact) mass is 272 g/mol. The maximum atomic E-state index is 11.7. The Bertz CT molecular complexity index is 532. The van der Waals surface area contributed by atoms with Gasteiger partial charge >= 0.3 is 0 Å². The molecule has 100 valence electrons. The lowest BCUT2D eigenvalue weighted by Gasteiger charge is -2.12. The van der Waals surface area contributed by atoms with Crippen LogP contribution >= 0.6 is 0 Å². The summed E-state index contributed by atoms with van der Waals surface area (Å²) in [5.74, 6) is 1.18. The Balaban J connectivity index is 2.04. The highest BCUT2D eigenvalue weighted by Crippen LogP contribution is 2.21. The second-order valence-electron chi connectivity index (χ2n) is 4.17. The van der Waals surface area contributed by atoms with Crippen LogP contribution in [0, 0.1) is 0 Å². The van der Waals surface area contributed by atoms with Gasteiger partial charge < -0.3 is 15.8 Å². The van der Waals surface area contributed by atoms with E-state index < -0.39 is 9.84 Å². The van der Waals surface area contributed by atoms with Crippen LogP contribution < -0.4 is 15.8 Å². The normalized spacial score (nSPS) is 21.7. The number of methoxy groups -OCH3 is 1. The second-order valence-corrected chi connectivity index (χ2v) is 6.57. The Morgan fingerprint density at radius 2 is 2.33 bits per heavy atom. The molecule has 0 spiro atoms. The average molecular weight is 272 g/mol. The predicted octanol–water partition coefficient (Wildman–Crippen LogP) is 0.0565. The molecule has 2 heterocycles. The molecule has 1 aliphatic heterocycles. The summed E-state index contributed by atoms with van der Waals surface area (Å²) in [7, 11) is -1.47. The van der Waals surface area contributed by atoms with E-state index in [1.165, 1.54) is 7.11 Å². The number of rotatable bonds is 4. The topological polar surface area (TPSA) is 107 Å². The first-order chi connectivity index (χ1) is 8.51. The molecule has 0 bridgehead atoms. The molecule has 3 N–H and O–H groups in total. The van der Waals surface area contributed by atoms with E-state index in [0.717, 1.165) is 6.42 Å². The van der Waals surface area contributed by atoms with Crippen LogP contribution in [0.4, 0.5) is 11.8 Å². The van der Waals surface area contributed by atoms with Gasteiger partial charge in [0.15, 0.2) is 9.84 Å². The van der Waals surface area contributed by atoms with E-state index in [2.05, 4.69) is 15.3 Å². The highest BCUT2D eigenvalue weighted by atomic mass is 32.2. The van der Waals surface area contributed by atoms with Gasteiger partial charge in [-0.1, -0.05) is 0 Å². The van der Waals surface area contributed by atoms with Gasteiger partial charge in [-0.05, 0) is 12.8 Å². The molecule has 1 aromatic heterocycles. The number of sulfone groups is 1. The molecule has 7 nitrogen and oxygen atoms in total. The Morgan fingerprint density at radius 1 is 1.56 bits per heavy atom. The molecule has 18 heavy (non-hydrogen) atoms. The number of hydrogen-bond donors (Lipinski definition) is 2. The number of ether oxygens (including phenoxy) is 1. The van der Waals surface area contributed by atoms with E-state index in [4.69, 9.17) is 10.5 Å². The maximum Gasteiger partial charge on any atom is 0.225 e. The minimum Gasteiger partial charge on any atom is -0.481 e. The molecule has 1 atom stereocenters. The zero-order valence-electron chi connectivity index (χ0n) is 10.1. The molecule has 1 fully saturated rings. The largest absolute Gasteiger partial charge is 0.481 e. The molecule has 0 aromatic carbocycles. The van der Waals surface area contributed by atoms with Crippen LogP contribution in [0.25, 0.3) is 0 Å². The van der Waals surface area contributed by atoms with E-state index >= 15 is 0 Å². The van der Waals surface area contributed by atoms with Gasteiger partial charge in [-0.15, -0.1) is 0 Å². The third kappa shape index (κ3) is 2.81. The second kappa shape index (κ2) is 4.97. The molecule has 0 saturated carbocycles. The summed E-state index contributed by atoms with van der Waals surface area (Å²) in [6, 6.07) is 1.58. The van der Waals surface area contributed by atoms with Crippen LogP contribution in [0.2, 0.25) is 0 Å². The highest BCUT2D eigenvalue weighted by Gasteiger charge is 2.30. The third-order valence-electron chi connectivity index (χ3n) is 2.90. The molecule has 1 unspecified atom stereocenters. The van der Waals surface area contributed by atoms with Crippen LogP contribution in [-0.4, -0.2) is 43.0 Å². The van der Waals surface area contributed by atoms with E-state index in [1.54, 1.807) is 6.07 Å². The summed E-state index contributed by atoms with van der Waals surface area (Å²) < 4.78 is 28.3. The fourth-order valence-corrected chi connectivity index (χ4v) is 3.71. The first kappa shape index (κ1) is 12.9. The summed E-state index contributed by atoms with van der Waals surface area (Å²) in [5, 5.41) is 2.62. The summed E-state index contributed by atoms with van der Waals surface area (Å²) in [4.78, 5) is 7.82. The molecule has 8 heteroatoms. The van der Waals surface area contributed by atoms with Crippen molar-refractivity contribution in [3.05, 3.63) is 6.07 Å². The van der Waals surface area contributed by atoms with Gasteiger partial charge in [-0.3, -0.25) is 0 Å². The molecule has 0 radical (unpaired) electrons. The summed E-state index contributed by atoms with van der Waals surface area (Å²) >= 11 is 0. The van der Waals surface area contributed by atoms with Crippen LogP contribution in [0.1, 0.15) is 12.8 Å². The lowest BCUT2D eigenvalue weighted by atomic mass is 10.2. The minimum absolute atomic E-state index is 0.0890. The summed E-state index contributed by atoms with van der Waals surface area (Å²) in [6.07, 6.45) is 1.41. The van der Waals surface area contributed by atoms with E-state index in [9.17, 15) is 8.42 Å². The van der Waals surface area contributed by atoms with Crippen LogP contribution in [0.15, 0.2) is 6.07 Å².